The maximum atomic E-state index is 12.2. The topological polar surface area (TPSA) is 79.9 Å². The monoisotopic (exact) mass is 526 g/mol. The summed E-state index contributed by atoms with van der Waals surface area (Å²) in [6.45, 7) is 12.4. The second-order valence-electron chi connectivity index (χ2n) is 11.6. The van der Waals surface area contributed by atoms with Gasteiger partial charge in [0, 0.05) is 56.6 Å². The lowest BCUT2D eigenvalue weighted by molar-refractivity contribution is -0.147. The molecule has 0 saturated carbocycles. The molecule has 0 bridgehead atoms. The van der Waals surface area contributed by atoms with E-state index < -0.39 is 0 Å². The first kappa shape index (κ1) is 29.0. The first-order valence-corrected chi connectivity index (χ1v) is 14.9. The van der Waals surface area contributed by atoms with Crippen LogP contribution < -0.4 is 5.73 Å². The summed E-state index contributed by atoms with van der Waals surface area (Å²) in [6, 6.07) is 5.28. The highest BCUT2D eigenvalue weighted by Crippen LogP contribution is 2.22. The number of benzene rings is 1. The van der Waals surface area contributed by atoms with Crippen LogP contribution in [0.1, 0.15) is 69.4 Å². The number of piperidine rings is 1. The minimum Gasteiger partial charge on any atom is -0.442 e. The maximum Gasteiger partial charge on any atom is 0.307 e. The maximum absolute atomic E-state index is 12.2. The van der Waals surface area contributed by atoms with Crippen molar-refractivity contribution in [2.75, 3.05) is 52.9 Å². The number of rotatable bonds is 13. The fraction of sp³-hybridized carbons (Fsp3) is 0.733. The second kappa shape index (κ2) is 14.4. The van der Waals surface area contributed by atoms with Crippen molar-refractivity contribution in [1.29, 1.82) is 0 Å². The number of likely N-dealkylation sites (tertiary alicyclic amines) is 1. The molecule has 38 heavy (non-hydrogen) atoms. The molecule has 2 aliphatic heterocycles. The third-order valence-corrected chi connectivity index (χ3v) is 8.42. The number of ether oxygens (including phenoxy) is 1. The van der Waals surface area contributed by atoms with Crippen molar-refractivity contribution in [3.8, 4) is 0 Å². The molecule has 1 aromatic heterocycles. The lowest BCUT2D eigenvalue weighted by atomic mass is 10.0. The zero-order valence-corrected chi connectivity index (χ0v) is 24.0. The smallest absolute Gasteiger partial charge is 0.307 e. The molecule has 4 rings (SSSR count). The molecule has 2 aromatic rings. The van der Waals surface area contributed by atoms with Crippen LogP contribution in [0.15, 0.2) is 18.3 Å². The van der Waals surface area contributed by atoms with Crippen LogP contribution in [0, 0.1) is 6.92 Å². The zero-order valence-electron chi connectivity index (χ0n) is 24.0. The summed E-state index contributed by atoms with van der Waals surface area (Å²) in [4.78, 5) is 19.8. The summed E-state index contributed by atoms with van der Waals surface area (Å²) in [5.74, 6) is -0.141. The summed E-state index contributed by atoms with van der Waals surface area (Å²) in [5, 5.41) is 5.58. The fourth-order valence-electron chi connectivity index (χ4n) is 6.19. The van der Waals surface area contributed by atoms with Gasteiger partial charge in [-0.05, 0) is 69.9 Å². The van der Waals surface area contributed by atoms with Gasteiger partial charge in [-0.3, -0.25) is 14.6 Å². The second-order valence-corrected chi connectivity index (χ2v) is 11.6. The Hall–Kier alpha value is -2.00. The van der Waals surface area contributed by atoms with Crippen molar-refractivity contribution in [3.05, 3.63) is 29.5 Å². The third-order valence-electron chi connectivity index (χ3n) is 8.42. The summed E-state index contributed by atoms with van der Waals surface area (Å²) >= 11 is 0. The number of carbonyl (C=O) groups excluding carboxylic acids is 1. The molecule has 212 valence electrons. The number of unbranched alkanes of at least 4 members (excludes halogenated alkanes) is 4. The molecule has 2 saturated heterocycles. The van der Waals surface area contributed by atoms with E-state index >= 15 is 0 Å². The van der Waals surface area contributed by atoms with Crippen LogP contribution in [-0.4, -0.2) is 95.4 Å². The minimum absolute atomic E-state index is 0.107. The SMILES string of the molecule is CCCCCCCC(=O)OCn1ncc2cc(C[C@@H](N)CN3CCN(C4CCN(C)CC4)CC3)cc(C)c21. The van der Waals surface area contributed by atoms with Gasteiger partial charge in [-0.25, -0.2) is 4.68 Å². The molecule has 0 spiro atoms. The molecule has 1 atom stereocenters. The molecule has 2 aliphatic rings. The summed E-state index contributed by atoms with van der Waals surface area (Å²) in [6.07, 6.45) is 11.4. The highest BCUT2D eigenvalue weighted by atomic mass is 16.5. The Morgan fingerprint density at radius 1 is 1.08 bits per heavy atom. The van der Waals surface area contributed by atoms with Crippen molar-refractivity contribution in [2.24, 2.45) is 5.73 Å². The number of aryl methyl sites for hydroxylation is 1. The van der Waals surface area contributed by atoms with Crippen LogP contribution in [-0.2, 0) is 22.7 Å². The molecule has 8 nitrogen and oxygen atoms in total. The molecule has 1 aromatic carbocycles. The molecule has 3 heterocycles. The Kier molecular flexibility index (Phi) is 11.0. The van der Waals surface area contributed by atoms with E-state index in [9.17, 15) is 4.79 Å². The summed E-state index contributed by atoms with van der Waals surface area (Å²) in [5.41, 5.74) is 10.1. The van der Waals surface area contributed by atoms with Gasteiger partial charge < -0.3 is 15.4 Å². The van der Waals surface area contributed by atoms with Crippen molar-refractivity contribution >= 4 is 16.9 Å². The molecule has 0 amide bonds. The zero-order chi connectivity index (χ0) is 26.9. The molecule has 2 fully saturated rings. The largest absolute Gasteiger partial charge is 0.442 e. The number of fused-ring (bicyclic) bond motifs is 1. The van der Waals surface area contributed by atoms with Crippen LogP contribution in [0.4, 0.5) is 0 Å². The van der Waals surface area contributed by atoms with Crippen LogP contribution in [0.2, 0.25) is 0 Å². The first-order valence-electron chi connectivity index (χ1n) is 14.9. The number of aromatic nitrogens is 2. The van der Waals surface area contributed by atoms with E-state index in [-0.39, 0.29) is 18.7 Å². The number of nitrogens with two attached hydrogens (primary N) is 1. The third kappa shape index (κ3) is 8.25. The van der Waals surface area contributed by atoms with Gasteiger partial charge in [-0.15, -0.1) is 0 Å². The first-order chi connectivity index (χ1) is 18.4. The average Bonchev–Trinajstić information content (AvgIpc) is 3.31. The standard InChI is InChI=1S/C30H50N6O2/c1-4-5-6-7-8-9-29(37)38-23-36-30-24(2)18-25(19-26(30)21-32-36)20-27(31)22-34-14-16-35(17-15-34)28-10-12-33(3)13-11-28/h18-19,21,27-28H,4-17,20,22-23,31H2,1-3H3/t27-/m1/s1. The van der Waals surface area contributed by atoms with E-state index in [0.29, 0.717) is 6.42 Å². The van der Waals surface area contributed by atoms with E-state index in [1.54, 1.807) is 4.68 Å². The van der Waals surface area contributed by atoms with Gasteiger partial charge in [0.1, 0.15) is 0 Å². The van der Waals surface area contributed by atoms with Crippen LogP contribution >= 0.6 is 0 Å². The van der Waals surface area contributed by atoms with Gasteiger partial charge >= 0.3 is 5.97 Å². The van der Waals surface area contributed by atoms with E-state index in [4.69, 9.17) is 10.5 Å². The number of esters is 1. The highest BCUT2D eigenvalue weighted by Gasteiger charge is 2.27. The van der Waals surface area contributed by atoms with E-state index in [1.807, 2.05) is 6.20 Å². The molecule has 8 heteroatoms. The van der Waals surface area contributed by atoms with Crippen molar-refractivity contribution in [2.45, 2.75) is 90.4 Å². The van der Waals surface area contributed by atoms with E-state index in [1.165, 1.54) is 50.8 Å². The average molecular weight is 527 g/mol. The Bertz CT molecular complexity index is 1010. The lowest BCUT2D eigenvalue weighted by Gasteiger charge is -2.42. The van der Waals surface area contributed by atoms with E-state index in [2.05, 4.69) is 52.8 Å². The summed E-state index contributed by atoms with van der Waals surface area (Å²) in [7, 11) is 2.23. The lowest BCUT2D eigenvalue weighted by Crippen LogP contribution is -2.54. The van der Waals surface area contributed by atoms with Gasteiger partial charge in [0.25, 0.3) is 0 Å². The van der Waals surface area contributed by atoms with Gasteiger partial charge in [-0.1, -0.05) is 38.7 Å². The normalized spacial score (nSPS) is 19.3. The van der Waals surface area contributed by atoms with Gasteiger partial charge in [0.15, 0.2) is 6.73 Å². The predicted octanol–water partition coefficient (Wildman–Crippen LogP) is 3.79. The van der Waals surface area contributed by atoms with Crippen molar-refractivity contribution in [3.63, 3.8) is 0 Å². The van der Waals surface area contributed by atoms with Gasteiger partial charge in [0.05, 0.1) is 11.7 Å². The Morgan fingerprint density at radius 3 is 2.55 bits per heavy atom. The fourth-order valence-corrected chi connectivity index (χ4v) is 6.19. The molecular weight excluding hydrogens is 476 g/mol. The quantitative estimate of drug-likeness (QED) is 0.314. The van der Waals surface area contributed by atoms with E-state index in [0.717, 1.165) is 74.5 Å². The number of hydrogen-bond donors (Lipinski definition) is 1. The van der Waals surface area contributed by atoms with Gasteiger partial charge in [-0.2, -0.15) is 5.10 Å². The molecule has 0 radical (unpaired) electrons. The summed E-state index contributed by atoms with van der Waals surface area (Å²) < 4.78 is 7.32. The number of carbonyl (C=O) groups is 1. The Balaban J connectivity index is 1.22. The number of nitrogens with zero attached hydrogens (tertiary/aromatic N) is 5. The molecule has 0 aliphatic carbocycles. The van der Waals surface area contributed by atoms with Crippen LogP contribution in [0.25, 0.3) is 10.9 Å². The molecule has 2 N–H and O–H groups in total. The number of hydrogen-bond acceptors (Lipinski definition) is 7. The molecular formula is C30H50N6O2. The Labute approximate surface area is 229 Å². The minimum atomic E-state index is -0.141. The number of piperazine rings is 1. The van der Waals surface area contributed by atoms with Crippen LogP contribution in [0.5, 0.6) is 0 Å². The Morgan fingerprint density at radius 2 is 1.82 bits per heavy atom. The van der Waals surface area contributed by atoms with Gasteiger partial charge in [0.2, 0.25) is 0 Å². The molecule has 0 unspecified atom stereocenters. The van der Waals surface area contributed by atoms with Crippen molar-refractivity contribution < 1.29 is 9.53 Å². The highest BCUT2D eigenvalue weighted by molar-refractivity contribution is 5.82. The van der Waals surface area contributed by atoms with Crippen molar-refractivity contribution in [1.82, 2.24) is 24.5 Å². The van der Waals surface area contributed by atoms with Crippen LogP contribution in [0.3, 0.4) is 0 Å². The predicted molar refractivity (Wildman–Crippen MR) is 154 cm³/mol.